The van der Waals surface area contributed by atoms with Gasteiger partial charge < -0.3 is 15.1 Å². The van der Waals surface area contributed by atoms with E-state index in [2.05, 4.69) is 31.3 Å². The van der Waals surface area contributed by atoms with E-state index < -0.39 is 18.3 Å². The van der Waals surface area contributed by atoms with Gasteiger partial charge in [-0.15, -0.1) is 0 Å². The number of likely N-dealkylation sites (tertiary alicyclic amines) is 1. The van der Waals surface area contributed by atoms with Gasteiger partial charge >= 0.3 is 0 Å². The summed E-state index contributed by atoms with van der Waals surface area (Å²) in [5.74, 6) is -0.533. The molecule has 6 unspecified atom stereocenters. The molecule has 196 valence electrons. The van der Waals surface area contributed by atoms with Crippen molar-refractivity contribution in [1.29, 1.82) is 0 Å². The summed E-state index contributed by atoms with van der Waals surface area (Å²) in [6.45, 7) is 5.73. The van der Waals surface area contributed by atoms with E-state index in [1.807, 2.05) is 47.4 Å². The molecule has 6 atom stereocenters. The van der Waals surface area contributed by atoms with Crippen molar-refractivity contribution in [2.24, 2.45) is 5.92 Å². The number of amides is 3. The van der Waals surface area contributed by atoms with Gasteiger partial charge in [-0.05, 0) is 41.9 Å². The van der Waals surface area contributed by atoms with E-state index in [0.29, 0.717) is 12.3 Å². The van der Waals surface area contributed by atoms with Crippen LogP contribution in [0, 0.1) is 5.92 Å². The number of fused-ring (bicyclic) bond motifs is 2. The van der Waals surface area contributed by atoms with Crippen molar-refractivity contribution < 1.29 is 18.8 Å². The Labute approximate surface area is 218 Å². The second kappa shape index (κ2) is 10.3. The molecule has 3 amide bonds. The van der Waals surface area contributed by atoms with Gasteiger partial charge in [0.15, 0.2) is 0 Å². The van der Waals surface area contributed by atoms with Crippen molar-refractivity contribution in [1.82, 2.24) is 15.1 Å². The average Bonchev–Trinajstić information content (AvgIpc) is 3.60. The zero-order valence-electron chi connectivity index (χ0n) is 21.8. The number of hydrogen-bond acceptors (Lipinski definition) is 3. The summed E-state index contributed by atoms with van der Waals surface area (Å²) in [5.41, 5.74) is 3.06. The van der Waals surface area contributed by atoms with Gasteiger partial charge in [0, 0.05) is 25.4 Å². The SMILES string of the molecule is CC(=O)N1C2CCC1C(C(=O)N1CC(F)CC1C(=O)NC(c1ccccc1)c1ccc(C(C)C)cc1)C2. The molecular weight excluding hydrogens is 469 g/mol. The van der Waals surface area contributed by atoms with Crippen molar-refractivity contribution >= 4 is 17.7 Å². The Morgan fingerprint density at radius 3 is 2.19 bits per heavy atom. The molecular formula is C30H36FN3O3. The van der Waals surface area contributed by atoms with Crippen LogP contribution in [0.2, 0.25) is 0 Å². The molecule has 6 nitrogen and oxygen atoms in total. The maximum atomic E-state index is 14.7. The Morgan fingerprint density at radius 2 is 1.57 bits per heavy atom. The summed E-state index contributed by atoms with van der Waals surface area (Å²) in [4.78, 5) is 42.7. The van der Waals surface area contributed by atoms with E-state index in [1.54, 1.807) is 6.92 Å². The number of nitrogens with zero attached hydrogens (tertiary/aromatic N) is 2. The highest BCUT2D eigenvalue weighted by Crippen LogP contribution is 2.43. The summed E-state index contributed by atoms with van der Waals surface area (Å²) in [6.07, 6.45) is 1.02. The summed E-state index contributed by atoms with van der Waals surface area (Å²) in [7, 11) is 0. The fraction of sp³-hybridized carbons (Fsp3) is 0.500. The number of rotatable bonds is 6. The number of halogens is 1. The van der Waals surface area contributed by atoms with Crippen LogP contribution in [0.1, 0.15) is 75.1 Å². The van der Waals surface area contributed by atoms with E-state index in [-0.39, 0.29) is 48.7 Å². The molecule has 0 saturated carbocycles. The molecule has 1 N–H and O–H groups in total. The van der Waals surface area contributed by atoms with Crippen molar-refractivity contribution in [3.8, 4) is 0 Å². The molecule has 0 aliphatic carbocycles. The Morgan fingerprint density at radius 1 is 0.919 bits per heavy atom. The number of benzene rings is 2. The second-order valence-electron chi connectivity index (χ2n) is 11.1. The van der Waals surface area contributed by atoms with Gasteiger partial charge in [0.05, 0.1) is 18.5 Å². The average molecular weight is 506 g/mol. The van der Waals surface area contributed by atoms with Crippen LogP contribution in [0.15, 0.2) is 54.6 Å². The molecule has 2 aromatic carbocycles. The van der Waals surface area contributed by atoms with E-state index in [4.69, 9.17) is 0 Å². The number of carbonyl (C=O) groups is 3. The molecule has 3 fully saturated rings. The number of nitrogens with one attached hydrogen (secondary N) is 1. The largest absolute Gasteiger partial charge is 0.343 e. The monoisotopic (exact) mass is 505 g/mol. The summed E-state index contributed by atoms with van der Waals surface area (Å²) in [5, 5.41) is 3.13. The minimum absolute atomic E-state index is 0.0113. The first-order valence-electron chi connectivity index (χ1n) is 13.4. The van der Waals surface area contributed by atoms with Crippen LogP contribution in [-0.4, -0.2) is 58.4 Å². The lowest BCUT2D eigenvalue weighted by Crippen LogP contribution is -2.50. The topological polar surface area (TPSA) is 69.7 Å². The Bertz CT molecular complexity index is 1150. The fourth-order valence-corrected chi connectivity index (χ4v) is 6.55. The van der Waals surface area contributed by atoms with Gasteiger partial charge in [-0.3, -0.25) is 14.4 Å². The van der Waals surface area contributed by atoms with E-state index >= 15 is 0 Å². The number of alkyl halides is 1. The normalized spacial score (nSPS) is 27.5. The van der Waals surface area contributed by atoms with Crippen molar-refractivity contribution in [2.45, 2.75) is 82.7 Å². The highest BCUT2D eigenvalue weighted by Gasteiger charge is 2.53. The Balaban J connectivity index is 1.37. The van der Waals surface area contributed by atoms with Gasteiger partial charge in [0.25, 0.3) is 0 Å². The van der Waals surface area contributed by atoms with Crippen LogP contribution in [0.25, 0.3) is 0 Å². The smallest absolute Gasteiger partial charge is 0.243 e. The van der Waals surface area contributed by atoms with Crippen molar-refractivity contribution in [2.75, 3.05) is 6.54 Å². The predicted molar refractivity (Wildman–Crippen MR) is 139 cm³/mol. The molecule has 2 aromatic rings. The van der Waals surface area contributed by atoms with Crippen LogP contribution in [0.4, 0.5) is 4.39 Å². The zero-order valence-corrected chi connectivity index (χ0v) is 21.8. The third-order valence-corrected chi connectivity index (χ3v) is 8.41. The predicted octanol–water partition coefficient (Wildman–Crippen LogP) is 4.35. The summed E-state index contributed by atoms with van der Waals surface area (Å²) < 4.78 is 14.7. The molecule has 3 saturated heterocycles. The van der Waals surface area contributed by atoms with Crippen molar-refractivity contribution in [3.63, 3.8) is 0 Å². The van der Waals surface area contributed by atoms with Gasteiger partial charge in [0.1, 0.15) is 12.2 Å². The first kappa shape index (κ1) is 25.4. The first-order chi connectivity index (χ1) is 17.7. The lowest BCUT2D eigenvalue weighted by Gasteiger charge is -2.31. The minimum Gasteiger partial charge on any atom is -0.343 e. The van der Waals surface area contributed by atoms with Gasteiger partial charge in [-0.1, -0.05) is 68.4 Å². The molecule has 0 radical (unpaired) electrons. The third kappa shape index (κ3) is 4.88. The third-order valence-electron chi connectivity index (χ3n) is 8.41. The van der Waals surface area contributed by atoms with E-state index in [9.17, 15) is 18.8 Å². The molecule has 3 heterocycles. The molecule has 2 bridgehead atoms. The first-order valence-corrected chi connectivity index (χ1v) is 13.4. The summed E-state index contributed by atoms with van der Waals surface area (Å²) in [6, 6.07) is 16.5. The van der Waals surface area contributed by atoms with Crippen molar-refractivity contribution in [3.05, 3.63) is 71.3 Å². The van der Waals surface area contributed by atoms with E-state index in [0.717, 1.165) is 24.0 Å². The highest BCUT2D eigenvalue weighted by atomic mass is 19.1. The van der Waals surface area contributed by atoms with Crippen LogP contribution in [0.3, 0.4) is 0 Å². The van der Waals surface area contributed by atoms with Crippen LogP contribution in [0.5, 0.6) is 0 Å². The standard InChI is InChI=1S/C30H36FN3O3/c1-18(2)20-9-11-22(12-10-20)28(21-7-5-4-6-8-21)32-29(36)27-15-23(31)17-33(27)30(37)25-16-24-13-14-26(25)34(24)19(3)35/h4-12,18,23-28H,13-17H2,1-3H3,(H,32,36). The molecule has 3 aliphatic heterocycles. The maximum absolute atomic E-state index is 14.7. The Hall–Kier alpha value is -3.22. The van der Waals surface area contributed by atoms with Crippen LogP contribution < -0.4 is 5.32 Å². The lowest BCUT2D eigenvalue weighted by molar-refractivity contribution is -0.143. The quantitative estimate of drug-likeness (QED) is 0.635. The molecule has 3 aliphatic rings. The lowest BCUT2D eigenvalue weighted by atomic mass is 9.88. The van der Waals surface area contributed by atoms with Gasteiger partial charge in [-0.25, -0.2) is 4.39 Å². The van der Waals surface area contributed by atoms with Gasteiger partial charge in [0.2, 0.25) is 17.7 Å². The number of hydrogen-bond donors (Lipinski definition) is 1. The second-order valence-corrected chi connectivity index (χ2v) is 11.1. The van der Waals surface area contributed by atoms with Gasteiger partial charge in [-0.2, -0.15) is 0 Å². The maximum Gasteiger partial charge on any atom is 0.243 e. The molecule has 37 heavy (non-hydrogen) atoms. The fourth-order valence-electron chi connectivity index (χ4n) is 6.55. The summed E-state index contributed by atoms with van der Waals surface area (Å²) >= 11 is 0. The molecule has 0 spiro atoms. The Kier molecular flexibility index (Phi) is 7.06. The van der Waals surface area contributed by atoms with E-state index in [1.165, 1.54) is 10.5 Å². The molecule has 5 rings (SSSR count). The number of carbonyl (C=O) groups excluding carboxylic acids is 3. The van der Waals surface area contributed by atoms with Crippen LogP contribution >= 0.6 is 0 Å². The zero-order chi connectivity index (χ0) is 26.3. The highest BCUT2D eigenvalue weighted by molar-refractivity contribution is 5.91. The molecule has 7 heteroatoms. The molecule has 0 aromatic heterocycles. The minimum atomic E-state index is -1.25. The van der Waals surface area contributed by atoms with Crippen LogP contribution in [-0.2, 0) is 14.4 Å².